The van der Waals surface area contributed by atoms with Gasteiger partial charge in [-0.25, -0.2) is 0 Å². The number of benzene rings is 1. The third-order valence-electron chi connectivity index (χ3n) is 4.56. The van der Waals surface area contributed by atoms with Gasteiger partial charge in [0.05, 0.1) is 0 Å². The summed E-state index contributed by atoms with van der Waals surface area (Å²) >= 11 is 0. The second-order valence-electron chi connectivity index (χ2n) is 5.70. The average molecular weight is 270 g/mol. The van der Waals surface area contributed by atoms with Gasteiger partial charge in [0.25, 0.3) is 0 Å². The summed E-state index contributed by atoms with van der Waals surface area (Å²) in [6, 6.07) is 10.9. The van der Waals surface area contributed by atoms with Gasteiger partial charge in [0.2, 0.25) is 5.91 Å². The Morgan fingerprint density at radius 3 is 2.60 bits per heavy atom. The molecule has 1 aliphatic rings. The molecule has 1 fully saturated rings. The van der Waals surface area contributed by atoms with Crippen molar-refractivity contribution in [3.8, 4) is 0 Å². The molecule has 2 aromatic rings. The van der Waals surface area contributed by atoms with Gasteiger partial charge in [0.1, 0.15) is 0 Å². The standard InChI is InChI=1S/C17H22N2O/c1-3-17(20)19-10-8-13(9-11-19)16-12-14-6-4-5-7-15(14)18(16)2/h4-7,12-13H,3,8-11H2,1-2H3. The molecular formula is C17H22N2O. The summed E-state index contributed by atoms with van der Waals surface area (Å²) in [4.78, 5) is 13.8. The van der Waals surface area contributed by atoms with E-state index >= 15 is 0 Å². The van der Waals surface area contributed by atoms with Crippen LogP contribution in [-0.2, 0) is 11.8 Å². The van der Waals surface area contributed by atoms with Crippen LogP contribution in [0.1, 0.15) is 37.8 Å². The molecule has 0 N–H and O–H groups in total. The lowest BCUT2D eigenvalue weighted by molar-refractivity contribution is -0.131. The molecule has 1 amide bonds. The molecule has 20 heavy (non-hydrogen) atoms. The van der Waals surface area contributed by atoms with E-state index in [2.05, 4.69) is 41.9 Å². The van der Waals surface area contributed by atoms with Gasteiger partial charge in [-0.3, -0.25) is 4.79 Å². The third-order valence-corrected chi connectivity index (χ3v) is 4.56. The predicted octanol–water partition coefficient (Wildman–Crippen LogP) is 3.29. The Hall–Kier alpha value is -1.77. The van der Waals surface area contributed by atoms with Crippen molar-refractivity contribution in [2.45, 2.75) is 32.1 Å². The lowest BCUT2D eigenvalue weighted by Crippen LogP contribution is -2.37. The molecule has 3 nitrogen and oxygen atoms in total. The number of aromatic nitrogens is 1. The van der Waals surface area contributed by atoms with Crippen molar-refractivity contribution in [1.29, 1.82) is 0 Å². The fraction of sp³-hybridized carbons (Fsp3) is 0.471. The summed E-state index contributed by atoms with van der Waals surface area (Å²) < 4.78 is 2.32. The van der Waals surface area contributed by atoms with E-state index in [1.165, 1.54) is 16.6 Å². The fourth-order valence-corrected chi connectivity index (χ4v) is 3.35. The van der Waals surface area contributed by atoms with Crippen molar-refractivity contribution in [3.05, 3.63) is 36.0 Å². The van der Waals surface area contributed by atoms with Crippen molar-refractivity contribution in [2.75, 3.05) is 13.1 Å². The van der Waals surface area contributed by atoms with Crippen LogP contribution in [0.15, 0.2) is 30.3 Å². The topological polar surface area (TPSA) is 25.2 Å². The Labute approximate surface area is 120 Å². The minimum absolute atomic E-state index is 0.292. The van der Waals surface area contributed by atoms with Gasteiger partial charge in [0, 0.05) is 43.7 Å². The van der Waals surface area contributed by atoms with E-state index < -0.39 is 0 Å². The number of aryl methyl sites for hydroxylation is 1. The summed E-state index contributed by atoms with van der Waals surface area (Å²) in [6.45, 7) is 3.75. The van der Waals surface area contributed by atoms with Crippen LogP contribution < -0.4 is 0 Å². The van der Waals surface area contributed by atoms with Crippen LogP contribution in [0.5, 0.6) is 0 Å². The van der Waals surface area contributed by atoms with Crippen LogP contribution in [-0.4, -0.2) is 28.5 Å². The van der Waals surface area contributed by atoms with Gasteiger partial charge < -0.3 is 9.47 Å². The first-order valence-corrected chi connectivity index (χ1v) is 7.53. The number of hydrogen-bond acceptors (Lipinski definition) is 1. The maximum absolute atomic E-state index is 11.7. The van der Waals surface area contributed by atoms with Crippen molar-refractivity contribution >= 4 is 16.8 Å². The summed E-state index contributed by atoms with van der Waals surface area (Å²) in [5.74, 6) is 0.869. The Balaban J connectivity index is 1.80. The normalized spacial score (nSPS) is 16.8. The zero-order valence-corrected chi connectivity index (χ0v) is 12.3. The van der Waals surface area contributed by atoms with Crippen molar-refractivity contribution in [2.24, 2.45) is 7.05 Å². The predicted molar refractivity (Wildman–Crippen MR) is 81.8 cm³/mol. The van der Waals surface area contributed by atoms with Crippen molar-refractivity contribution in [1.82, 2.24) is 9.47 Å². The smallest absolute Gasteiger partial charge is 0.222 e. The van der Waals surface area contributed by atoms with Gasteiger partial charge in [-0.2, -0.15) is 0 Å². The van der Waals surface area contributed by atoms with Crippen LogP contribution in [0.4, 0.5) is 0 Å². The van der Waals surface area contributed by atoms with Crippen LogP contribution in [0, 0.1) is 0 Å². The monoisotopic (exact) mass is 270 g/mol. The number of carbonyl (C=O) groups excluding carboxylic acids is 1. The molecule has 3 rings (SSSR count). The van der Waals surface area contributed by atoms with E-state index in [1.807, 2.05) is 11.8 Å². The number of piperidine rings is 1. The molecule has 0 saturated carbocycles. The van der Waals surface area contributed by atoms with E-state index in [0.717, 1.165) is 25.9 Å². The average Bonchev–Trinajstić information content (AvgIpc) is 2.84. The summed E-state index contributed by atoms with van der Waals surface area (Å²) in [5, 5.41) is 1.32. The fourth-order valence-electron chi connectivity index (χ4n) is 3.35. The van der Waals surface area contributed by atoms with E-state index in [4.69, 9.17) is 0 Å². The number of para-hydroxylation sites is 1. The molecular weight excluding hydrogens is 248 g/mol. The van der Waals surface area contributed by atoms with Gasteiger partial charge in [-0.15, -0.1) is 0 Å². The van der Waals surface area contributed by atoms with E-state index in [0.29, 0.717) is 18.2 Å². The number of likely N-dealkylation sites (tertiary alicyclic amines) is 1. The van der Waals surface area contributed by atoms with Crippen LogP contribution in [0.2, 0.25) is 0 Å². The first-order valence-electron chi connectivity index (χ1n) is 7.53. The Bertz CT molecular complexity index is 621. The van der Waals surface area contributed by atoms with Gasteiger partial charge in [0.15, 0.2) is 0 Å². The maximum Gasteiger partial charge on any atom is 0.222 e. The molecule has 2 heterocycles. The highest BCUT2D eigenvalue weighted by Crippen LogP contribution is 2.31. The second-order valence-corrected chi connectivity index (χ2v) is 5.70. The molecule has 1 aromatic heterocycles. The van der Waals surface area contributed by atoms with Crippen LogP contribution >= 0.6 is 0 Å². The molecule has 106 valence electrons. The minimum Gasteiger partial charge on any atom is -0.347 e. The van der Waals surface area contributed by atoms with Gasteiger partial charge >= 0.3 is 0 Å². The number of rotatable bonds is 2. The van der Waals surface area contributed by atoms with Gasteiger partial charge in [-0.1, -0.05) is 25.1 Å². The Morgan fingerprint density at radius 2 is 1.95 bits per heavy atom. The summed E-state index contributed by atoms with van der Waals surface area (Å²) in [6.07, 6.45) is 2.78. The first-order chi connectivity index (χ1) is 9.70. The second kappa shape index (κ2) is 5.31. The lowest BCUT2D eigenvalue weighted by Gasteiger charge is -2.32. The summed E-state index contributed by atoms with van der Waals surface area (Å²) in [7, 11) is 2.15. The van der Waals surface area contributed by atoms with Crippen LogP contribution in [0.3, 0.4) is 0 Å². The quantitative estimate of drug-likeness (QED) is 0.822. The number of fused-ring (bicyclic) bond motifs is 1. The van der Waals surface area contributed by atoms with Gasteiger partial charge in [-0.05, 0) is 30.4 Å². The molecule has 1 saturated heterocycles. The first kappa shape index (κ1) is 13.2. The maximum atomic E-state index is 11.7. The summed E-state index contributed by atoms with van der Waals surface area (Å²) in [5.41, 5.74) is 2.71. The van der Waals surface area contributed by atoms with E-state index in [1.54, 1.807) is 0 Å². The third kappa shape index (κ3) is 2.21. The van der Waals surface area contributed by atoms with E-state index in [9.17, 15) is 4.79 Å². The molecule has 1 aromatic carbocycles. The zero-order chi connectivity index (χ0) is 14.1. The number of hydrogen-bond donors (Lipinski definition) is 0. The van der Waals surface area contributed by atoms with Crippen LogP contribution in [0.25, 0.3) is 10.9 Å². The molecule has 0 bridgehead atoms. The molecule has 3 heteroatoms. The van der Waals surface area contributed by atoms with Crippen molar-refractivity contribution < 1.29 is 4.79 Å². The molecule has 0 radical (unpaired) electrons. The van der Waals surface area contributed by atoms with Crippen molar-refractivity contribution in [3.63, 3.8) is 0 Å². The highest BCUT2D eigenvalue weighted by Gasteiger charge is 2.24. The molecule has 0 unspecified atom stereocenters. The highest BCUT2D eigenvalue weighted by atomic mass is 16.2. The highest BCUT2D eigenvalue weighted by molar-refractivity contribution is 5.81. The zero-order valence-electron chi connectivity index (χ0n) is 12.3. The lowest BCUT2D eigenvalue weighted by atomic mass is 9.93. The van der Waals surface area contributed by atoms with E-state index in [-0.39, 0.29) is 0 Å². The minimum atomic E-state index is 0.292. The molecule has 0 aliphatic carbocycles. The SMILES string of the molecule is CCC(=O)N1CCC(c2cc3ccccc3n2C)CC1. The number of nitrogens with zero attached hydrogens (tertiary/aromatic N) is 2. The number of amides is 1. The molecule has 0 spiro atoms. The largest absolute Gasteiger partial charge is 0.347 e. The molecule has 1 aliphatic heterocycles. The Morgan fingerprint density at radius 1 is 1.25 bits per heavy atom. The molecule has 0 atom stereocenters. The Kier molecular flexibility index (Phi) is 3.51. The number of carbonyl (C=O) groups is 1.